The van der Waals surface area contributed by atoms with Crippen molar-refractivity contribution in [3.05, 3.63) is 65.7 Å². The molecule has 2 aromatic carbocycles. The molecule has 2 rings (SSSR count). The number of rotatable bonds is 2. The third kappa shape index (κ3) is 3.61. The van der Waals surface area contributed by atoms with Crippen LogP contribution in [0.25, 0.3) is 0 Å². The number of halogens is 1. The average Bonchev–Trinajstić information content (AvgIpc) is 2.33. The molecule has 1 amide bonds. The number of benzene rings is 2. The highest BCUT2D eigenvalue weighted by molar-refractivity contribution is 6.04. The number of anilines is 1. The van der Waals surface area contributed by atoms with Crippen molar-refractivity contribution in [2.24, 2.45) is 0 Å². The van der Waals surface area contributed by atoms with Gasteiger partial charge in [0.2, 0.25) is 0 Å². The van der Waals surface area contributed by atoms with Crippen LogP contribution in [0.3, 0.4) is 0 Å². The largest absolute Gasteiger partial charge is 0.322 e. The summed E-state index contributed by atoms with van der Waals surface area (Å²) in [6.07, 6.45) is 0. The van der Waals surface area contributed by atoms with Crippen LogP contribution in [0.2, 0.25) is 0 Å². The van der Waals surface area contributed by atoms with Gasteiger partial charge in [-0.3, -0.25) is 4.79 Å². The maximum absolute atomic E-state index is 11.8. The van der Waals surface area contributed by atoms with E-state index >= 15 is 0 Å². The first kappa shape index (κ1) is 13.3. The molecule has 0 radical (unpaired) electrons. The third-order valence-electron chi connectivity index (χ3n) is 2.35. The van der Waals surface area contributed by atoms with Crippen molar-refractivity contribution in [1.29, 1.82) is 0 Å². The quantitative estimate of drug-likeness (QED) is 0.862. The predicted octanol–water partition coefficient (Wildman–Crippen LogP) is 3.67. The first-order chi connectivity index (χ1) is 7.75. The highest BCUT2D eigenvalue weighted by Gasteiger charge is 2.03. The first-order valence-corrected chi connectivity index (χ1v) is 5.19. The lowest BCUT2D eigenvalue weighted by Crippen LogP contribution is -2.11. The van der Waals surface area contributed by atoms with Gasteiger partial charge < -0.3 is 5.32 Å². The van der Waals surface area contributed by atoms with Crippen molar-refractivity contribution in [1.82, 2.24) is 0 Å². The topological polar surface area (TPSA) is 29.1 Å². The molecule has 0 spiro atoms. The van der Waals surface area contributed by atoms with Gasteiger partial charge in [-0.25, -0.2) is 0 Å². The summed E-state index contributed by atoms with van der Waals surface area (Å²) < 4.78 is 0. The summed E-state index contributed by atoms with van der Waals surface area (Å²) in [5.74, 6) is -0.0792. The van der Waals surface area contributed by atoms with Gasteiger partial charge in [0.1, 0.15) is 0 Å². The molecule has 2 nitrogen and oxygen atoms in total. The van der Waals surface area contributed by atoms with Gasteiger partial charge in [-0.1, -0.05) is 35.9 Å². The first-order valence-electron chi connectivity index (χ1n) is 5.19. The fraction of sp³-hybridized carbons (Fsp3) is 0.0714. The van der Waals surface area contributed by atoms with Crippen LogP contribution < -0.4 is 5.32 Å². The van der Waals surface area contributed by atoms with E-state index in [1.165, 1.54) is 5.56 Å². The van der Waals surface area contributed by atoms with E-state index in [-0.39, 0.29) is 18.3 Å². The molecule has 88 valence electrons. The Kier molecular flexibility index (Phi) is 4.73. The molecule has 1 N–H and O–H groups in total. The normalized spacial score (nSPS) is 9.24. The number of aryl methyl sites for hydroxylation is 1. The van der Waals surface area contributed by atoms with Crippen LogP contribution in [0.5, 0.6) is 0 Å². The Morgan fingerprint density at radius 2 is 1.53 bits per heavy atom. The maximum atomic E-state index is 11.8. The van der Waals surface area contributed by atoms with Gasteiger partial charge in [0.25, 0.3) is 5.91 Å². The zero-order chi connectivity index (χ0) is 11.4. The van der Waals surface area contributed by atoms with E-state index in [0.29, 0.717) is 5.56 Å². The van der Waals surface area contributed by atoms with E-state index in [1.807, 2.05) is 49.4 Å². The zero-order valence-corrected chi connectivity index (χ0v) is 10.3. The second kappa shape index (κ2) is 6.06. The lowest BCUT2D eigenvalue weighted by molar-refractivity contribution is 0.102. The maximum Gasteiger partial charge on any atom is 0.255 e. The lowest BCUT2D eigenvalue weighted by Gasteiger charge is -2.05. The van der Waals surface area contributed by atoms with Gasteiger partial charge in [0, 0.05) is 11.3 Å². The van der Waals surface area contributed by atoms with E-state index < -0.39 is 0 Å². The second-order valence-corrected chi connectivity index (χ2v) is 3.69. The van der Waals surface area contributed by atoms with Gasteiger partial charge in [-0.05, 0) is 31.2 Å². The van der Waals surface area contributed by atoms with Crippen molar-refractivity contribution < 1.29 is 4.79 Å². The van der Waals surface area contributed by atoms with Crippen LogP contribution >= 0.6 is 12.4 Å². The van der Waals surface area contributed by atoms with E-state index in [0.717, 1.165) is 5.69 Å². The molecule has 0 aromatic heterocycles. The van der Waals surface area contributed by atoms with Crippen molar-refractivity contribution in [3.8, 4) is 0 Å². The Labute approximate surface area is 107 Å². The van der Waals surface area contributed by atoms with E-state index in [4.69, 9.17) is 0 Å². The summed E-state index contributed by atoms with van der Waals surface area (Å²) in [5, 5.41) is 2.85. The fourth-order valence-electron chi connectivity index (χ4n) is 1.43. The fourth-order valence-corrected chi connectivity index (χ4v) is 1.43. The second-order valence-electron chi connectivity index (χ2n) is 3.69. The molecule has 2 aromatic rings. The van der Waals surface area contributed by atoms with Crippen molar-refractivity contribution in [3.63, 3.8) is 0 Å². The van der Waals surface area contributed by atoms with Gasteiger partial charge >= 0.3 is 0 Å². The summed E-state index contributed by atoms with van der Waals surface area (Å²) in [6.45, 7) is 2.02. The molecule has 0 saturated carbocycles. The minimum Gasteiger partial charge on any atom is -0.322 e. The van der Waals surface area contributed by atoms with Gasteiger partial charge in [-0.15, -0.1) is 12.4 Å². The molecule has 0 atom stereocenters. The Morgan fingerprint density at radius 3 is 2.12 bits per heavy atom. The Morgan fingerprint density at radius 1 is 0.941 bits per heavy atom. The molecule has 0 bridgehead atoms. The smallest absolute Gasteiger partial charge is 0.255 e. The molecular weight excluding hydrogens is 234 g/mol. The monoisotopic (exact) mass is 247 g/mol. The summed E-state index contributed by atoms with van der Waals surface area (Å²) in [5.41, 5.74) is 2.67. The van der Waals surface area contributed by atoms with Crippen molar-refractivity contribution in [2.45, 2.75) is 6.92 Å². The summed E-state index contributed by atoms with van der Waals surface area (Å²) >= 11 is 0. The number of carbonyl (C=O) groups is 1. The molecule has 0 fully saturated rings. The Bertz CT molecular complexity index is 479. The molecule has 0 unspecified atom stereocenters. The van der Waals surface area contributed by atoms with Gasteiger partial charge in [0.05, 0.1) is 0 Å². The summed E-state index contributed by atoms with van der Waals surface area (Å²) in [4.78, 5) is 11.8. The van der Waals surface area contributed by atoms with Crippen LogP contribution in [0.1, 0.15) is 15.9 Å². The minimum atomic E-state index is -0.0792. The van der Waals surface area contributed by atoms with Crippen LogP contribution in [-0.4, -0.2) is 5.91 Å². The number of hydrogen-bond acceptors (Lipinski definition) is 1. The van der Waals surface area contributed by atoms with Crippen LogP contribution in [0.4, 0.5) is 5.69 Å². The van der Waals surface area contributed by atoms with Crippen LogP contribution in [-0.2, 0) is 0 Å². The van der Waals surface area contributed by atoms with E-state index in [1.54, 1.807) is 12.1 Å². The molecule has 0 aliphatic heterocycles. The molecule has 17 heavy (non-hydrogen) atoms. The standard InChI is InChI=1S/C14H13NO.ClH/c1-11-7-9-13(10-8-11)15-14(16)12-5-3-2-4-6-12;/h2-10H,1H3,(H,15,16);1H. The summed E-state index contributed by atoms with van der Waals surface area (Å²) in [6, 6.07) is 16.9. The zero-order valence-electron chi connectivity index (χ0n) is 9.51. The molecule has 0 aliphatic rings. The van der Waals surface area contributed by atoms with Gasteiger partial charge in [-0.2, -0.15) is 0 Å². The number of hydrogen-bond donors (Lipinski definition) is 1. The number of amides is 1. The van der Waals surface area contributed by atoms with Crippen LogP contribution in [0.15, 0.2) is 54.6 Å². The van der Waals surface area contributed by atoms with Crippen LogP contribution in [0, 0.1) is 6.92 Å². The predicted molar refractivity (Wildman–Crippen MR) is 72.8 cm³/mol. The lowest BCUT2D eigenvalue weighted by atomic mass is 10.2. The Hall–Kier alpha value is -1.80. The molecule has 0 aliphatic carbocycles. The van der Waals surface area contributed by atoms with E-state index in [2.05, 4.69) is 5.32 Å². The van der Waals surface area contributed by atoms with Crippen molar-refractivity contribution >= 4 is 24.0 Å². The SMILES string of the molecule is Cc1ccc(NC(=O)c2ccccc2)cc1.Cl. The summed E-state index contributed by atoms with van der Waals surface area (Å²) in [7, 11) is 0. The van der Waals surface area contributed by atoms with Gasteiger partial charge in [0.15, 0.2) is 0 Å². The molecule has 0 saturated heterocycles. The molecular formula is C14H14ClNO. The molecule has 3 heteroatoms. The molecule has 0 heterocycles. The van der Waals surface area contributed by atoms with E-state index in [9.17, 15) is 4.79 Å². The van der Waals surface area contributed by atoms with Crippen molar-refractivity contribution in [2.75, 3.05) is 5.32 Å². The number of carbonyl (C=O) groups excluding carboxylic acids is 1. The Balaban J connectivity index is 0.00000144. The minimum absolute atomic E-state index is 0. The third-order valence-corrected chi connectivity index (χ3v) is 2.35. The number of nitrogens with one attached hydrogen (secondary N) is 1. The average molecular weight is 248 g/mol. The highest BCUT2D eigenvalue weighted by atomic mass is 35.5. The highest BCUT2D eigenvalue weighted by Crippen LogP contribution is 2.10.